The molecule has 8 nitrogen and oxygen atoms in total. The summed E-state index contributed by atoms with van der Waals surface area (Å²) in [6.07, 6.45) is 0.775. The number of aliphatic imine (C=N–C) groups is 1. The van der Waals surface area contributed by atoms with Crippen molar-refractivity contribution in [3.63, 3.8) is 0 Å². The maximum absolute atomic E-state index is 11.9. The van der Waals surface area contributed by atoms with E-state index in [1.807, 2.05) is 19.1 Å². The molecule has 2 rings (SSSR count). The molecule has 1 aromatic carbocycles. The molecular formula is C22H38IN5O3. The van der Waals surface area contributed by atoms with Crippen molar-refractivity contribution in [3.8, 4) is 5.75 Å². The molecule has 1 saturated heterocycles. The van der Waals surface area contributed by atoms with Crippen LogP contribution in [0.1, 0.15) is 25.8 Å². The molecule has 31 heavy (non-hydrogen) atoms. The first-order valence-electron chi connectivity index (χ1n) is 10.8. The van der Waals surface area contributed by atoms with E-state index in [9.17, 15) is 4.79 Å². The van der Waals surface area contributed by atoms with Crippen LogP contribution in [0.4, 0.5) is 4.79 Å². The fourth-order valence-electron chi connectivity index (χ4n) is 3.17. The summed E-state index contributed by atoms with van der Waals surface area (Å²) < 4.78 is 10.9. The molecule has 1 aromatic rings. The van der Waals surface area contributed by atoms with Crippen LogP contribution >= 0.6 is 24.0 Å². The van der Waals surface area contributed by atoms with Gasteiger partial charge in [0.15, 0.2) is 5.96 Å². The first-order chi connectivity index (χ1) is 14.5. The molecule has 0 spiro atoms. The van der Waals surface area contributed by atoms with Crippen LogP contribution in [0, 0.1) is 0 Å². The van der Waals surface area contributed by atoms with E-state index in [4.69, 9.17) is 14.5 Å². The number of guanidine groups is 1. The van der Waals surface area contributed by atoms with Gasteiger partial charge in [-0.3, -0.25) is 0 Å². The highest BCUT2D eigenvalue weighted by atomic mass is 127. The Hall–Kier alpha value is -1.75. The summed E-state index contributed by atoms with van der Waals surface area (Å²) >= 11 is 0. The zero-order valence-electron chi connectivity index (χ0n) is 19.3. The Morgan fingerprint density at radius 2 is 1.74 bits per heavy atom. The number of carbonyl (C=O) groups is 1. The van der Waals surface area contributed by atoms with E-state index in [0.29, 0.717) is 26.2 Å². The van der Waals surface area contributed by atoms with Crippen LogP contribution in [0.15, 0.2) is 29.3 Å². The van der Waals surface area contributed by atoms with E-state index >= 15 is 0 Å². The molecule has 1 N–H and O–H groups in total. The number of ether oxygens (including phenoxy) is 2. The zero-order chi connectivity index (χ0) is 21.8. The highest BCUT2D eigenvalue weighted by Gasteiger charge is 2.23. The molecule has 1 amide bonds. The average Bonchev–Trinajstić information content (AvgIpc) is 2.75. The summed E-state index contributed by atoms with van der Waals surface area (Å²) in [5.74, 6) is 1.77. The summed E-state index contributed by atoms with van der Waals surface area (Å²) in [7, 11) is 4.13. The quantitative estimate of drug-likeness (QED) is 0.222. The third kappa shape index (κ3) is 9.94. The minimum absolute atomic E-state index is 0. The molecule has 1 heterocycles. The fraction of sp³-hybridized carbons (Fsp3) is 0.636. The van der Waals surface area contributed by atoms with Crippen molar-refractivity contribution >= 4 is 36.0 Å². The molecule has 0 aliphatic carbocycles. The van der Waals surface area contributed by atoms with Gasteiger partial charge in [-0.25, -0.2) is 9.79 Å². The Labute approximate surface area is 204 Å². The predicted molar refractivity (Wildman–Crippen MR) is 136 cm³/mol. The van der Waals surface area contributed by atoms with Crippen LogP contribution in [0.5, 0.6) is 5.75 Å². The van der Waals surface area contributed by atoms with Gasteiger partial charge >= 0.3 is 6.09 Å². The molecule has 1 aliphatic rings. The van der Waals surface area contributed by atoms with E-state index in [1.54, 1.807) is 4.90 Å². The molecule has 0 aromatic heterocycles. The van der Waals surface area contributed by atoms with E-state index in [1.165, 1.54) is 0 Å². The van der Waals surface area contributed by atoms with Crippen LogP contribution in [-0.2, 0) is 11.3 Å². The normalized spacial score (nSPS) is 14.3. The number of piperazine rings is 1. The van der Waals surface area contributed by atoms with Gasteiger partial charge in [0.1, 0.15) is 5.75 Å². The van der Waals surface area contributed by atoms with Crippen LogP contribution in [0.3, 0.4) is 0 Å². The van der Waals surface area contributed by atoms with Gasteiger partial charge < -0.3 is 29.5 Å². The lowest BCUT2D eigenvalue weighted by Gasteiger charge is -2.35. The largest absolute Gasteiger partial charge is 0.494 e. The molecular weight excluding hydrogens is 509 g/mol. The van der Waals surface area contributed by atoms with Gasteiger partial charge in [0.25, 0.3) is 0 Å². The first-order valence-corrected chi connectivity index (χ1v) is 10.8. The highest BCUT2D eigenvalue weighted by Crippen LogP contribution is 2.14. The van der Waals surface area contributed by atoms with Crippen molar-refractivity contribution in [2.24, 2.45) is 4.99 Å². The van der Waals surface area contributed by atoms with Gasteiger partial charge in [-0.2, -0.15) is 0 Å². The number of hydrogen-bond donors (Lipinski definition) is 1. The number of hydrogen-bond acceptors (Lipinski definition) is 5. The standard InChI is InChI=1S/C22H37N5O3.HI/c1-5-23-21(26-13-15-27(16-14-26)22(28)29-6-2)24-18-19-8-10-20(11-9-19)30-17-7-12-25(3)4;/h8-11H,5-7,12-18H2,1-4H3,(H,23,24);1H. The van der Waals surface area contributed by atoms with E-state index < -0.39 is 0 Å². The van der Waals surface area contributed by atoms with E-state index in [-0.39, 0.29) is 30.1 Å². The maximum Gasteiger partial charge on any atom is 0.409 e. The van der Waals surface area contributed by atoms with Crippen LogP contribution in [-0.4, -0.2) is 93.3 Å². The van der Waals surface area contributed by atoms with E-state index in [2.05, 4.69) is 48.3 Å². The second-order valence-corrected chi connectivity index (χ2v) is 7.49. The molecule has 0 atom stereocenters. The lowest BCUT2D eigenvalue weighted by Crippen LogP contribution is -2.53. The number of nitrogens with zero attached hydrogens (tertiary/aromatic N) is 4. The molecule has 1 fully saturated rings. The van der Waals surface area contributed by atoms with Gasteiger partial charge in [0.05, 0.1) is 19.8 Å². The minimum Gasteiger partial charge on any atom is -0.494 e. The van der Waals surface area contributed by atoms with Crippen molar-refractivity contribution in [3.05, 3.63) is 29.8 Å². The first kappa shape index (κ1) is 27.3. The third-order valence-electron chi connectivity index (χ3n) is 4.79. The number of amides is 1. The summed E-state index contributed by atoms with van der Waals surface area (Å²) in [6.45, 7) is 10.2. The summed E-state index contributed by atoms with van der Waals surface area (Å²) in [4.78, 5) is 22.8. The minimum atomic E-state index is -0.233. The van der Waals surface area contributed by atoms with Gasteiger partial charge in [-0.15, -0.1) is 24.0 Å². The molecule has 1 aliphatic heterocycles. The number of nitrogens with one attached hydrogen (secondary N) is 1. The average molecular weight is 547 g/mol. The third-order valence-corrected chi connectivity index (χ3v) is 4.79. The Bertz CT molecular complexity index is 662. The molecule has 176 valence electrons. The maximum atomic E-state index is 11.9. The SMILES string of the molecule is CCNC(=NCc1ccc(OCCCN(C)C)cc1)N1CCN(C(=O)OCC)CC1.I. The lowest BCUT2D eigenvalue weighted by molar-refractivity contribution is 0.0914. The summed E-state index contributed by atoms with van der Waals surface area (Å²) in [6, 6.07) is 8.14. The van der Waals surface area contributed by atoms with Crippen molar-refractivity contribution in [1.82, 2.24) is 20.0 Å². The summed E-state index contributed by atoms with van der Waals surface area (Å²) in [5, 5.41) is 3.36. The molecule has 0 unspecified atom stereocenters. The van der Waals surface area contributed by atoms with Gasteiger partial charge in [0.2, 0.25) is 0 Å². The van der Waals surface area contributed by atoms with Crippen molar-refractivity contribution in [2.45, 2.75) is 26.8 Å². The second kappa shape index (κ2) is 15.1. The molecule has 0 bridgehead atoms. The van der Waals surface area contributed by atoms with Crippen LogP contribution < -0.4 is 10.1 Å². The van der Waals surface area contributed by atoms with Gasteiger partial charge in [-0.1, -0.05) is 12.1 Å². The number of rotatable bonds is 9. The Kier molecular flexibility index (Phi) is 13.3. The van der Waals surface area contributed by atoms with Crippen LogP contribution in [0.2, 0.25) is 0 Å². The van der Waals surface area contributed by atoms with Crippen molar-refractivity contribution in [1.29, 1.82) is 0 Å². The molecule has 0 saturated carbocycles. The van der Waals surface area contributed by atoms with Gasteiger partial charge in [0, 0.05) is 39.3 Å². The Balaban J connectivity index is 0.00000480. The molecule has 0 radical (unpaired) electrons. The van der Waals surface area contributed by atoms with Crippen LogP contribution in [0.25, 0.3) is 0 Å². The monoisotopic (exact) mass is 547 g/mol. The lowest BCUT2D eigenvalue weighted by atomic mass is 10.2. The topological polar surface area (TPSA) is 69.6 Å². The number of halogens is 1. The number of carbonyl (C=O) groups excluding carboxylic acids is 1. The smallest absolute Gasteiger partial charge is 0.409 e. The Morgan fingerprint density at radius 1 is 1.10 bits per heavy atom. The Morgan fingerprint density at radius 3 is 2.32 bits per heavy atom. The zero-order valence-corrected chi connectivity index (χ0v) is 21.6. The highest BCUT2D eigenvalue weighted by molar-refractivity contribution is 14.0. The fourth-order valence-corrected chi connectivity index (χ4v) is 3.17. The second-order valence-electron chi connectivity index (χ2n) is 7.49. The predicted octanol–water partition coefficient (Wildman–Crippen LogP) is 2.87. The molecule has 9 heteroatoms. The van der Waals surface area contributed by atoms with Crippen molar-refractivity contribution < 1.29 is 14.3 Å². The summed E-state index contributed by atoms with van der Waals surface area (Å²) in [5.41, 5.74) is 1.14. The van der Waals surface area contributed by atoms with Gasteiger partial charge in [-0.05, 0) is 52.1 Å². The van der Waals surface area contributed by atoms with E-state index in [0.717, 1.165) is 56.5 Å². The number of benzene rings is 1. The van der Waals surface area contributed by atoms with Crippen molar-refractivity contribution in [2.75, 3.05) is 66.6 Å².